The summed E-state index contributed by atoms with van der Waals surface area (Å²) in [4.78, 5) is 76.0. The minimum absolute atomic E-state index is 0.0732. The van der Waals surface area contributed by atoms with Crippen LogP contribution in [-0.4, -0.2) is 87.7 Å². The third-order valence-electron chi connectivity index (χ3n) is 11.2. The van der Waals surface area contributed by atoms with Crippen LogP contribution in [0.3, 0.4) is 0 Å². The number of alkyl carbamates (subject to hydrolysis) is 1. The fourth-order valence-electron chi connectivity index (χ4n) is 7.67. The molecule has 1 aromatic heterocycles. The molecule has 63 heavy (non-hydrogen) atoms. The minimum Gasteiger partial charge on any atom is -0.475 e. The molecule has 0 bridgehead atoms. The van der Waals surface area contributed by atoms with Crippen LogP contribution < -0.4 is 16.2 Å². The van der Waals surface area contributed by atoms with Crippen molar-refractivity contribution in [1.82, 2.24) is 20.4 Å². The van der Waals surface area contributed by atoms with Gasteiger partial charge in [0, 0.05) is 42.5 Å². The highest BCUT2D eigenvalue weighted by Crippen LogP contribution is 2.32. The standard InChI is InChI=1S/C45H59N5O6.C2HF3O2/c1-7-50(8-2)23-9-10-40(51)34-19-21-37(29(3)24-34)32-15-11-30(12-16-32)25-35(42(53)47-36-20-22-38-39(27-36)48-49-43(38)54)26-41(52)33-17-13-31(14-18-33)28-46-44(55)56-45(4,5)6;3-2(4,5)1(6)7/h11-12,15-16,19-22,24,27,31,33,35H,7-10,13-14,17-18,23,25-26,28H2,1-6H3,(H,46,55)(H,47,53)(H2,48,49,54);(H,6,7)/t31?,33?,35-;/m1./s1. The molecule has 1 aliphatic rings. The first kappa shape index (κ1) is 49.9. The predicted molar refractivity (Wildman–Crippen MR) is 236 cm³/mol. The second-order valence-electron chi connectivity index (χ2n) is 17.1. The number of hydrogen-bond donors (Lipinski definition) is 5. The Hall–Kier alpha value is -5.77. The summed E-state index contributed by atoms with van der Waals surface area (Å²) in [5.41, 5.74) is 5.04. The number of ether oxygens (including phenoxy) is 1. The van der Waals surface area contributed by atoms with Crippen molar-refractivity contribution in [3.63, 3.8) is 0 Å². The number of aliphatic carboxylic acids is 1. The Bertz CT molecular complexity index is 2250. The third kappa shape index (κ3) is 15.5. The van der Waals surface area contributed by atoms with E-state index in [4.69, 9.17) is 14.6 Å². The van der Waals surface area contributed by atoms with Crippen LogP contribution in [0.2, 0.25) is 0 Å². The number of carboxylic acid groups (broad SMARTS) is 1. The Balaban J connectivity index is 0.00000115. The lowest BCUT2D eigenvalue weighted by molar-refractivity contribution is -0.192. The summed E-state index contributed by atoms with van der Waals surface area (Å²) < 4.78 is 37.1. The van der Waals surface area contributed by atoms with Crippen molar-refractivity contribution in [2.24, 2.45) is 17.8 Å². The number of hydrogen-bond acceptors (Lipinski definition) is 8. The number of aromatic amines is 2. The molecule has 3 aromatic carbocycles. The van der Waals surface area contributed by atoms with Crippen molar-refractivity contribution in [3.05, 3.63) is 87.7 Å². The van der Waals surface area contributed by atoms with Crippen LogP contribution in [0.1, 0.15) is 101 Å². The van der Waals surface area contributed by atoms with Crippen LogP contribution in [0.25, 0.3) is 22.0 Å². The molecule has 0 saturated heterocycles. The monoisotopic (exact) mass is 879 g/mol. The Kier molecular flexibility index (Phi) is 17.8. The molecule has 0 spiro atoms. The highest BCUT2D eigenvalue weighted by molar-refractivity contribution is 5.98. The summed E-state index contributed by atoms with van der Waals surface area (Å²) in [6, 6.07) is 19.0. The van der Waals surface area contributed by atoms with Gasteiger partial charge in [0.05, 0.1) is 10.9 Å². The molecule has 4 aromatic rings. The molecular weight excluding hydrogens is 820 g/mol. The number of fused-ring (bicyclic) bond motifs is 1. The third-order valence-corrected chi connectivity index (χ3v) is 11.2. The van der Waals surface area contributed by atoms with E-state index < -0.39 is 29.8 Å². The van der Waals surface area contributed by atoms with Gasteiger partial charge in [-0.05, 0) is 138 Å². The van der Waals surface area contributed by atoms with Crippen LogP contribution in [0.5, 0.6) is 0 Å². The number of carbonyl (C=O) groups excluding carboxylic acids is 4. The van der Waals surface area contributed by atoms with E-state index >= 15 is 0 Å². The molecule has 1 saturated carbocycles. The fraction of sp³-hybridized carbons (Fsp3) is 0.489. The molecule has 1 aliphatic carbocycles. The maximum absolute atomic E-state index is 13.9. The lowest BCUT2D eigenvalue weighted by Crippen LogP contribution is -2.37. The van der Waals surface area contributed by atoms with Gasteiger partial charge in [0.1, 0.15) is 11.4 Å². The first-order valence-corrected chi connectivity index (χ1v) is 21.4. The molecule has 1 atom stereocenters. The first-order chi connectivity index (χ1) is 29.7. The van der Waals surface area contributed by atoms with Crippen LogP contribution in [0.4, 0.5) is 23.7 Å². The number of alkyl halides is 3. The zero-order valence-corrected chi connectivity index (χ0v) is 36.9. The molecule has 5 rings (SSSR count). The second kappa shape index (κ2) is 22.5. The number of anilines is 1. The van der Waals surface area contributed by atoms with Gasteiger partial charge in [0.25, 0.3) is 5.56 Å². The fourth-order valence-corrected chi connectivity index (χ4v) is 7.67. The SMILES string of the molecule is CCN(CC)CCCC(=O)c1ccc(-c2ccc(C[C@H](CC(=O)C3CCC(CNC(=O)OC(C)(C)C)CC3)C(=O)Nc3ccc4c(=O)[nH][nH]c4c3)cc2)c(C)c1.O=C(O)C(F)(F)F. The summed E-state index contributed by atoms with van der Waals surface area (Å²) >= 11 is 0. The normalized spacial score (nSPS) is 15.8. The topological polar surface area (TPSA) is 191 Å². The Labute approximate surface area is 365 Å². The van der Waals surface area contributed by atoms with E-state index in [9.17, 15) is 37.1 Å². The van der Waals surface area contributed by atoms with Crippen molar-refractivity contribution < 1.29 is 47.0 Å². The number of H-pyrrole nitrogens is 2. The lowest BCUT2D eigenvalue weighted by atomic mass is 9.77. The van der Waals surface area contributed by atoms with E-state index in [0.29, 0.717) is 48.8 Å². The van der Waals surface area contributed by atoms with E-state index in [1.165, 1.54) is 0 Å². The average molecular weight is 880 g/mol. The molecule has 16 heteroatoms. The van der Waals surface area contributed by atoms with Gasteiger partial charge in [-0.3, -0.25) is 29.4 Å². The zero-order valence-electron chi connectivity index (χ0n) is 36.9. The number of benzene rings is 3. The Morgan fingerprint density at radius 1 is 0.905 bits per heavy atom. The molecule has 5 N–H and O–H groups in total. The Morgan fingerprint density at radius 3 is 2.14 bits per heavy atom. The van der Waals surface area contributed by atoms with E-state index in [-0.39, 0.29) is 41.3 Å². The number of rotatable bonds is 17. The van der Waals surface area contributed by atoms with E-state index in [2.05, 4.69) is 39.6 Å². The predicted octanol–water partition coefficient (Wildman–Crippen LogP) is 8.86. The molecule has 0 unspecified atom stereocenters. The van der Waals surface area contributed by atoms with Crippen molar-refractivity contribution in [3.8, 4) is 11.1 Å². The van der Waals surface area contributed by atoms with Crippen molar-refractivity contribution in [2.45, 2.75) is 105 Å². The smallest absolute Gasteiger partial charge is 0.475 e. The molecule has 0 aliphatic heterocycles. The van der Waals surface area contributed by atoms with Gasteiger partial charge in [0.15, 0.2) is 5.78 Å². The molecule has 342 valence electrons. The zero-order chi connectivity index (χ0) is 46.5. The van der Waals surface area contributed by atoms with Crippen LogP contribution in [-0.2, 0) is 25.5 Å². The van der Waals surface area contributed by atoms with E-state index in [1.54, 1.807) is 18.2 Å². The van der Waals surface area contributed by atoms with E-state index in [1.807, 2.05) is 70.2 Å². The molecule has 2 amide bonds. The number of nitrogens with zero attached hydrogens (tertiary/aromatic N) is 1. The number of Topliss-reactive ketones (excluding diaryl/α,β-unsaturated/α-hetero) is 2. The van der Waals surface area contributed by atoms with Crippen molar-refractivity contribution in [2.75, 3.05) is 31.5 Å². The second-order valence-corrected chi connectivity index (χ2v) is 17.1. The summed E-state index contributed by atoms with van der Waals surface area (Å²) in [5.74, 6) is -3.28. The van der Waals surface area contributed by atoms with Gasteiger partial charge in [-0.15, -0.1) is 0 Å². The molecule has 1 fully saturated rings. The van der Waals surface area contributed by atoms with Gasteiger partial charge in [-0.25, -0.2) is 9.59 Å². The van der Waals surface area contributed by atoms with Gasteiger partial charge < -0.3 is 25.4 Å². The van der Waals surface area contributed by atoms with Gasteiger partial charge in [0.2, 0.25) is 5.91 Å². The molecular formula is C47H60F3N5O8. The van der Waals surface area contributed by atoms with Crippen molar-refractivity contribution in [1.29, 1.82) is 0 Å². The number of nitrogens with one attached hydrogen (secondary N) is 4. The summed E-state index contributed by atoms with van der Waals surface area (Å²) in [6.45, 7) is 15.2. The molecule has 13 nitrogen and oxygen atoms in total. The summed E-state index contributed by atoms with van der Waals surface area (Å²) in [7, 11) is 0. The van der Waals surface area contributed by atoms with Gasteiger partial charge in [-0.1, -0.05) is 50.2 Å². The number of aromatic nitrogens is 2. The highest BCUT2D eigenvalue weighted by Gasteiger charge is 2.38. The quantitative estimate of drug-likeness (QED) is 0.0645. The maximum Gasteiger partial charge on any atom is 0.490 e. The lowest BCUT2D eigenvalue weighted by Gasteiger charge is -2.29. The van der Waals surface area contributed by atoms with Gasteiger partial charge in [-0.2, -0.15) is 13.2 Å². The maximum atomic E-state index is 13.9. The number of ketones is 2. The summed E-state index contributed by atoms with van der Waals surface area (Å²) in [5, 5.41) is 18.9. The molecule has 1 heterocycles. The van der Waals surface area contributed by atoms with Crippen LogP contribution >= 0.6 is 0 Å². The van der Waals surface area contributed by atoms with Crippen LogP contribution in [0.15, 0.2) is 65.5 Å². The highest BCUT2D eigenvalue weighted by atomic mass is 19.4. The summed E-state index contributed by atoms with van der Waals surface area (Å²) in [6.07, 6.45) is -0.642. The first-order valence-electron chi connectivity index (χ1n) is 21.4. The van der Waals surface area contributed by atoms with Crippen molar-refractivity contribution >= 4 is 46.1 Å². The number of carbonyl (C=O) groups is 5. The minimum atomic E-state index is -5.08. The molecule has 0 radical (unpaired) electrons. The van der Waals surface area contributed by atoms with E-state index in [0.717, 1.165) is 66.7 Å². The number of carboxylic acids is 1. The number of aryl methyl sites for hydroxylation is 1. The number of amides is 2. The Morgan fingerprint density at radius 2 is 1.56 bits per heavy atom. The average Bonchev–Trinajstić information content (AvgIpc) is 3.60. The largest absolute Gasteiger partial charge is 0.490 e. The van der Waals surface area contributed by atoms with Gasteiger partial charge >= 0.3 is 18.2 Å². The number of halogens is 3. The van der Waals surface area contributed by atoms with Crippen LogP contribution in [0, 0.1) is 24.7 Å².